The van der Waals surface area contributed by atoms with Gasteiger partial charge in [0.2, 0.25) is 0 Å². The fraction of sp³-hybridized carbons (Fsp3) is 0.0476. The first-order valence-electron chi connectivity index (χ1n) is 7.72. The molecule has 0 radical (unpaired) electrons. The zero-order valence-electron chi connectivity index (χ0n) is 12.3. The quantitative estimate of drug-likeness (QED) is 0.455. The first kappa shape index (κ1) is 12.5. The monoisotopic (exact) mass is 297 g/mol. The van der Waals surface area contributed by atoms with Crippen molar-refractivity contribution in [1.82, 2.24) is 0 Å². The van der Waals surface area contributed by atoms with Crippen LogP contribution in [0, 0.1) is 0 Å². The Hall–Kier alpha value is -3.00. The average Bonchev–Trinajstić information content (AvgIpc) is 3.13. The zero-order chi connectivity index (χ0) is 15.4. The van der Waals surface area contributed by atoms with E-state index in [0.29, 0.717) is 5.56 Å². The molecule has 1 aromatic heterocycles. The molecule has 1 heterocycles. The van der Waals surface area contributed by atoms with Gasteiger partial charge in [0.1, 0.15) is 5.92 Å². The number of ketones is 1. The molecule has 5 rings (SSSR count). The summed E-state index contributed by atoms with van der Waals surface area (Å²) in [4.78, 5) is 12.8. The Morgan fingerprint density at radius 1 is 0.826 bits per heavy atom. The van der Waals surface area contributed by atoms with Crippen LogP contribution in [0.2, 0.25) is 0 Å². The highest BCUT2D eigenvalue weighted by Crippen LogP contribution is 2.41. The molecule has 2 aliphatic carbocycles. The van der Waals surface area contributed by atoms with Crippen LogP contribution in [0.4, 0.5) is 0 Å². The molecule has 0 unspecified atom stereocenters. The third-order valence-electron chi connectivity index (χ3n) is 4.58. The van der Waals surface area contributed by atoms with Gasteiger partial charge in [-0.1, -0.05) is 60.7 Å². The van der Waals surface area contributed by atoms with Crippen LogP contribution in [0.3, 0.4) is 0 Å². The van der Waals surface area contributed by atoms with Crippen LogP contribution in [0.15, 0.2) is 77.3 Å². The van der Waals surface area contributed by atoms with Gasteiger partial charge in [0.15, 0.2) is 5.78 Å². The van der Waals surface area contributed by atoms with E-state index in [9.17, 15) is 4.79 Å². The topological polar surface area (TPSA) is 28.4 Å². The van der Waals surface area contributed by atoms with Crippen LogP contribution in [0.25, 0.3) is 22.1 Å². The smallest absolute Gasteiger partial charge is 0.289 e. The highest BCUT2D eigenvalue weighted by molar-refractivity contribution is 6.24. The van der Waals surface area contributed by atoms with E-state index in [1.54, 1.807) is 0 Å². The molecule has 2 heteroatoms. The minimum absolute atomic E-state index is 0.0716. The van der Waals surface area contributed by atoms with Crippen molar-refractivity contribution >= 4 is 16.6 Å². The average molecular weight is 297 g/mol. The number of hydrogen-bond donors (Lipinski definition) is 0. The second kappa shape index (κ2) is 4.50. The molecule has 0 N–H and O–H groups in total. The molecular weight excluding hydrogens is 284 g/mol. The number of carbonyl (C=O) groups is 1. The predicted octanol–water partition coefficient (Wildman–Crippen LogP) is 5.13. The molecule has 2 aromatic carbocycles. The second-order valence-electron chi connectivity index (χ2n) is 5.92. The van der Waals surface area contributed by atoms with E-state index in [-0.39, 0.29) is 11.7 Å². The van der Waals surface area contributed by atoms with Crippen LogP contribution in [0.1, 0.15) is 27.6 Å². The van der Waals surface area contributed by atoms with E-state index < -0.39 is 0 Å². The van der Waals surface area contributed by atoms with Gasteiger partial charge in [0, 0.05) is 22.6 Å². The molecular formula is C21H13O2+. The molecule has 0 aliphatic heterocycles. The van der Waals surface area contributed by atoms with Gasteiger partial charge in [0.05, 0.1) is 10.9 Å². The van der Waals surface area contributed by atoms with E-state index in [4.69, 9.17) is 4.42 Å². The summed E-state index contributed by atoms with van der Waals surface area (Å²) in [7, 11) is 0. The molecule has 3 aromatic rings. The summed E-state index contributed by atoms with van der Waals surface area (Å²) >= 11 is 0. The number of benzene rings is 2. The SMILES string of the molecule is O=C1c2ccccc2-c2[o+]c(C3C=CC=C3)cc3cccc1c23. The predicted molar refractivity (Wildman–Crippen MR) is 90.5 cm³/mol. The van der Waals surface area contributed by atoms with Crippen molar-refractivity contribution in [2.24, 2.45) is 0 Å². The van der Waals surface area contributed by atoms with E-state index in [1.807, 2.05) is 60.7 Å². The zero-order valence-corrected chi connectivity index (χ0v) is 12.3. The van der Waals surface area contributed by atoms with E-state index in [1.165, 1.54) is 0 Å². The minimum Gasteiger partial charge on any atom is -0.289 e. The van der Waals surface area contributed by atoms with E-state index in [0.717, 1.165) is 33.4 Å². The van der Waals surface area contributed by atoms with Crippen molar-refractivity contribution in [3.8, 4) is 11.3 Å². The number of fused-ring (bicyclic) bond motifs is 2. The molecule has 2 aliphatic rings. The molecule has 108 valence electrons. The van der Waals surface area contributed by atoms with Crippen LogP contribution in [-0.4, -0.2) is 5.78 Å². The number of allylic oxidation sites excluding steroid dienone is 4. The maximum Gasteiger partial charge on any atom is 0.369 e. The molecule has 0 saturated heterocycles. The van der Waals surface area contributed by atoms with Crippen molar-refractivity contribution in [3.05, 3.63) is 89.7 Å². The summed E-state index contributed by atoms with van der Waals surface area (Å²) in [5, 5.41) is 1.97. The van der Waals surface area contributed by atoms with E-state index in [2.05, 4.69) is 12.2 Å². The Bertz CT molecular complexity index is 1030. The Morgan fingerprint density at radius 2 is 1.57 bits per heavy atom. The lowest BCUT2D eigenvalue weighted by atomic mass is 9.86. The van der Waals surface area contributed by atoms with Crippen LogP contribution < -0.4 is 0 Å². The lowest BCUT2D eigenvalue weighted by Gasteiger charge is -2.13. The highest BCUT2D eigenvalue weighted by atomic mass is 16.3. The van der Waals surface area contributed by atoms with Gasteiger partial charge in [-0.2, -0.15) is 0 Å². The van der Waals surface area contributed by atoms with Crippen LogP contribution >= 0.6 is 0 Å². The lowest BCUT2D eigenvalue weighted by Crippen LogP contribution is -2.10. The number of carbonyl (C=O) groups excluding carboxylic acids is 1. The standard InChI is InChI=1S/C21H13O2/c22-20-15-9-3-4-10-16(15)21-19-14(8-5-11-17(19)20)12-18(23-21)13-6-1-2-7-13/h1-13H/q+1. The molecule has 0 saturated carbocycles. The maximum absolute atomic E-state index is 12.8. The fourth-order valence-electron chi connectivity index (χ4n) is 3.48. The maximum atomic E-state index is 12.8. The van der Waals surface area contributed by atoms with Crippen molar-refractivity contribution in [2.45, 2.75) is 5.92 Å². The summed E-state index contributed by atoms with van der Waals surface area (Å²) in [6.07, 6.45) is 8.29. The third-order valence-corrected chi connectivity index (χ3v) is 4.58. The van der Waals surface area contributed by atoms with Crippen molar-refractivity contribution in [2.75, 3.05) is 0 Å². The lowest BCUT2D eigenvalue weighted by molar-refractivity contribution is 0.103. The first-order valence-corrected chi connectivity index (χ1v) is 7.72. The molecule has 0 spiro atoms. The van der Waals surface area contributed by atoms with E-state index >= 15 is 0 Å². The summed E-state index contributed by atoms with van der Waals surface area (Å²) in [6.45, 7) is 0. The van der Waals surface area contributed by atoms with Gasteiger partial charge in [-0.3, -0.25) is 4.79 Å². The van der Waals surface area contributed by atoms with Gasteiger partial charge < -0.3 is 0 Å². The number of rotatable bonds is 1. The molecule has 0 amide bonds. The van der Waals surface area contributed by atoms with Gasteiger partial charge in [0.25, 0.3) is 0 Å². The van der Waals surface area contributed by atoms with Gasteiger partial charge in [-0.15, -0.1) is 0 Å². The Kier molecular flexibility index (Phi) is 2.45. The van der Waals surface area contributed by atoms with Crippen molar-refractivity contribution in [1.29, 1.82) is 0 Å². The molecule has 0 bridgehead atoms. The Morgan fingerprint density at radius 3 is 2.39 bits per heavy atom. The third kappa shape index (κ3) is 1.69. The summed E-state index contributed by atoms with van der Waals surface area (Å²) in [5.41, 5.74) is 2.32. The normalized spacial score (nSPS) is 15.4. The second-order valence-corrected chi connectivity index (χ2v) is 5.92. The van der Waals surface area contributed by atoms with Gasteiger partial charge in [-0.25, -0.2) is 4.42 Å². The Balaban J connectivity index is 1.91. The van der Waals surface area contributed by atoms with Crippen LogP contribution in [-0.2, 0) is 0 Å². The summed E-state index contributed by atoms with van der Waals surface area (Å²) < 4.78 is 6.28. The van der Waals surface area contributed by atoms with Gasteiger partial charge >= 0.3 is 11.5 Å². The van der Waals surface area contributed by atoms with Gasteiger partial charge in [-0.05, 0) is 6.07 Å². The summed E-state index contributed by atoms with van der Waals surface area (Å²) in [6, 6.07) is 15.6. The first-order chi connectivity index (χ1) is 11.3. The Labute approximate surface area is 133 Å². The molecule has 0 fully saturated rings. The molecule has 23 heavy (non-hydrogen) atoms. The molecule has 0 atom stereocenters. The largest absolute Gasteiger partial charge is 0.369 e. The fourth-order valence-corrected chi connectivity index (χ4v) is 3.48. The number of hydrogen-bond acceptors (Lipinski definition) is 1. The summed E-state index contributed by atoms with van der Waals surface area (Å²) in [5.74, 6) is 1.93. The van der Waals surface area contributed by atoms with Crippen molar-refractivity contribution < 1.29 is 9.21 Å². The van der Waals surface area contributed by atoms with Crippen LogP contribution in [0.5, 0.6) is 0 Å². The minimum atomic E-state index is 0.0716. The van der Waals surface area contributed by atoms with Crippen molar-refractivity contribution in [3.63, 3.8) is 0 Å². The highest BCUT2D eigenvalue weighted by Gasteiger charge is 2.35. The molecule has 2 nitrogen and oxygen atoms in total.